The van der Waals surface area contributed by atoms with Crippen molar-refractivity contribution in [2.45, 2.75) is 46.1 Å². The number of pyridine rings is 1. The van der Waals surface area contributed by atoms with Crippen LogP contribution in [0.25, 0.3) is 0 Å². The summed E-state index contributed by atoms with van der Waals surface area (Å²) in [7, 11) is 0. The zero-order valence-corrected chi connectivity index (χ0v) is 15.1. The van der Waals surface area contributed by atoms with Crippen LogP contribution >= 0.6 is 0 Å². The lowest BCUT2D eigenvalue weighted by molar-refractivity contribution is 0.249. The summed E-state index contributed by atoms with van der Waals surface area (Å²) in [6.45, 7) is 7.97. The minimum absolute atomic E-state index is 0.0140. The number of rotatable bonds is 5. The fourth-order valence-electron chi connectivity index (χ4n) is 3.13. The largest absolute Gasteiger partial charge is 0.357 e. The van der Waals surface area contributed by atoms with Gasteiger partial charge in [-0.3, -0.25) is 5.10 Å². The summed E-state index contributed by atoms with van der Waals surface area (Å²) in [6, 6.07) is 5.65. The lowest BCUT2D eigenvalue weighted by atomic mass is 10.2. The maximum absolute atomic E-state index is 12.2. The average molecular weight is 342 g/mol. The summed E-state index contributed by atoms with van der Waals surface area (Å²) in [5.41, 5.74) is 3.53. The number of anilines is 2. The minimum Gasteiger partial charge on any atom is -0.357 e. The number of aromatic nitrogens is 3. The first-order valence-electron chi connectivity index (χ1n) is 8.82. The molecule has 2 aromatic heterocycles. The topological polar surface area (TPSA) is 85.9 Å². The van der Waals surface area contributed by atoms with E-state index in [1.165, 1.54) is 12.8 Å². The van der Waals surface area contributed by atoms with Crippen LogP contribution in [0.3, 0.4) is 0 Å². The SMILES string of the molecule is Cc1cc(CC(C)NC(=O)Nc2ccc(N3CCCC3)nc2C)n[nH]1. The second-order valence-electron chi connectivity index (χ2n) is 6.74. The summed E-state index contributed by atoms with van der Waals surface area (Å²) in [5, 5.41) is 12.9. The Morgan fingerprint density at radius 3 is 2.72 bits per heavy atom. The van der Waals surface area contributed by atoms with Gasteiger partial charge in [0.15, 0.2) is 0 Å². The van der Waals surface area contributed by atoms with Crippen molar-refractivity contribution in [3.63, 3.8) is 0 Å². The molecule has 7 nitrogen and oxygen atoms in total. The molecule has 1 unspecified atom stereocenters. The maximum Gasteiger partial charge on any atom is 0.319 e. The number of carbonyl (C=O) groups excluding carboxylic acids is 1. The van der Waals surface area contributed by atoms with Gasteiger partial charge in [-0.05, 0) is 51.8 Å². The van der Waals surface area contributed by atoms with Crippen LogP contribution < -0.4 is 15.5 Å². The summed E-state index contributed by atoms with van der Waals surface area (Å²) in [5.74, 6) is 0.989. The molecule has 0 radical (unpaired) electrons. The van der Waals surface area contributed by atoms with Crippen LogP contribution in [0.4, 0.5) is 16.3 Å². The van der Waals surface area contributed by atoms with E-state index < -0.39 is 0 Å². The normalized spacial score (nSPS) is 15.2. The summed E-state index contributed by atoms with van der Waals surface area (Å²) >= 11 is 0. The molecule has 1 aliphatic heterocycles. The predicted molar refractivity (Wildman–Crippen MR) is 99.1 cm³/mol. The molecule has 3 rings (SSSR count). The summed E-state index contributed by atoms with van der Waals surface area (Å²) in [4.78, 5) is 19.1. The fourth-order valence-corrected chi connectivity index (χ4v) is 3.13. The highest BCUT2D eigenvalue weighted by atomic mass is 16.2. The van der Waals surface area contributed by atoms with Gasteiger partial charge in [-0.1, -0.05) is 0 Å². The van der Waals surface area contributed by atoms with Crippen molar-refractivity contribution in [3.05, 3.63) is 35.3 Å². The maximum atomic E-state index is 12.2. The Balaban J connectivity index is 1.55. The number of nitrogens with zero attached hydrogens (tertiary/aromatic N) is 3. The zero-order chi connectivity index (χ0) is 17.8. The van der Waals surface area contributed by atoms with Gasteiger partial charge in [0.1, 0.15) is 5.82 Å². The molecule has 2 amide bonds. The van der Waals surface area contributed by atoms with E-state index in [0.717, 1.165) is 41.7 Å². The molecular formula is C18H26N6O. The third kappa shape index (κ3) is 4.49. The molecule has 0 aromatic carbocycles. The molecule has 1 aliphatic rings. The molecule has 3 heterocycles. The highest BCUT2D eigenvalue weighted by molar-refractivity contribution is 5.90. The first-order valence-corrected chi connectivity index (χ1v) is 8.82. The van der Waals surface area contributed by atoms with Crippen molar-refractivity contribution in [2.75, 3.05) is 23.3 Å². The van der Waals surface area contributed by atoms with Gasteiger partial charge in [-0.25, -0.2) is 9.78 Å². The van der Waals surface area contributed by atoms with Gasteiger partial charge in [0.05, 0.1) is 17.1 Å². The molecule has 3 N–H and O–H groups in total. The fraction of sp³-hybridized carbons (Fsp3) is 0.500. The molecule has 0 bridgehead atoms. The van der Waals surface area contributed by atoms with E-state index in [2.05, 4.69) is 30.7 Å². The molecule has 1 fully saturated rings. The van der Waals surface area contributed by atoms with Gasteiger partial charge in [-0.15, -0.1) is 0 Å². The van der Waals surface area contributed by atoms with Gasteiger partial charge >= 0.3 is 6.03 Å². The van der Waals surface area contributed by atoms with Crippen LogP contribution in [0.15, 0.2) is 18.2 Å². The molecule has 1 saturated heterocycles. The van der Waals surface area contributed by atoms with Crippen LogP contribution in [0.1, 0.15) is 36.8 Å². The van der Waals surface area contributed by atoms with Crippen LogP contribution in [0.5, 0.6) is 0 Å². The van der Waals surface area contributed by atoms with Crippen molar-refractivity contribution >= 4 is 17.5 Å². The van der Waals surface area contributed by atoms with E-state index in [-0.39, 0.29) is 12.1 Å². The highest BCUT2D eigenvalue weighted by Crippen LogP contribution is 2.22. The second kappa shape index (κ2) is 7.55. The zero-order valence-electron chi connectivity index (χ0n) is 15.1. The number of hydrogen-bond acceptors (Lipinski definition) is 4. The molecule has 25 heavy (non-hydrogen) atoms. The van der Waals surface area contributed by atoms with Crippen LogP contribution in [0.2, 0.25) is 0 Å². The van der Waals surface area contributed by atoms with Crippen molar-refractivity contribution in [1.29, 1.82) is 0 Å². The number of carbonyl (C=O) groups is 1. The Hall–Kier alpha value is -2.57. The third-order valence-corrected chi connectivity index (χ3v) is 4.40. The van der Waals surface area contributed by atoms with Crippen molar-refractivity contribution < 1.29 is 4.79 Å². The van der Waals surface area contributed by atoms with Crippen LogP contribution in [0, 0.1) is 13.8 Å². The van der Waals surface area contributed by atoms with Crippen LogP contribution in [-0.4, -0.2) is 40.3 Å². The summed E-state index contributed by atoms with van der Waals surface area (Å²) in [6.07, 6.45) is 3.12. The Labute approximate surface area is 148 Å². The molecule has 0 spiro atoms. The average Bonchev–Trinajstić information content (AvgIpc) is 3.21. The second-order valence-corrected chi connectivity index (χ2v) is 6.74. The highest BCUT2D eigenvalue weighted by Gasteiger charge is 2.15. The van der Waals surface area contributed by atoms with Crippen LogP contribution in [-0.2, 0) is 6.42 Å². The quantitative estimate of drug-likeness (QED) is 0.780. The predicted octanol–water partition coefficient (Wildman–Crippen LogP) is 2.77. The van der Waals surface area contributed by atoms with Gasteiger partial charge in [0, 0.05) is 31.2 Å². The first kappa shape index (κ1) is 17.3. The van der Waals surface area contributed by atoms with Crippen molar-refractivity contribution in [2.24, 2.45) is 0 Å². The van der Waals surface area contributed by atoms with Crippen molar-refractivity contribution in [3.8, 4) is 0 Å². The smallest absolute Gasteiger partial charge is 0.319 e. The molecule has 134 valence electrons. The number of urea groups is 1. The Morgan fingerprint density at radius 1 is 1.32 bits per heavy atom. The van der Waals surface area contributed by atoms with Crippen molar-refractivity contribution in [1.82, 2.24) is 20.5 Å². The number of aryl methyl sites for hydroxylation is 2. The number of hydrogen-bond donors (Lipinski definition) is 3. The molecule has 0 aliphatic carbocycles. The summed E-state index contributed by atoms with van der Waals surface area (Å²) < 4.78 is 0. The van der Waals surface area contributed by atoms with E-state index in [4.69, 9.17) is 0 Å². The molecule has 1 atom stereocenters. The van der Waals surface area contributed by atoms with Gasteiger partial charge in [0.2, 0.25) is 0 Å². The standard InChI is InChI=1S/C18H26N6O/c1-12(10-15-11-13(2)22-23-15)19-18(25)21-16-6-7-17(20-14(16)3)24-8-4-5-9-24/h6-7,11-12H,4-5,8-10H2,1-3H3,(H,22,23)(H2,19,21,25). The Kier molecular flexibility index (Phi) is 5.21. The minimum atomic E-state index is -0.224. The van der Waals surface area contributed by atoms with Gasteiger partial charge < -0.3 is 15.5 Å². The third-order valence-electron chi connectivity index (χ3n) is 4.40. The lowest BCUT2D eigenvalue weighted by Gasteiger charge is -2.18. The Bertz CT molecular complexity index is 735. The van der Waals surface area contributed by atoms with E-state index >= 15 is 0 Å². The van der Waals surface area contributed by atoms with E-state index in [1.807, 2.05) is 39.0 Å². The van der Waals surface area contributed by atoms with Gasteiger partial charge in [0.25, 0.3) is 0 Å². The number of amides is 2. The molecular weight excluding hydrogens is 316 g/mol. The monoisotopic (exact) mass is 342 g/mol. The molecule has 0 saturated carbocycles. The van der Waals surface area contributed by atoms with E-state index in [0.29, 0.717) is 6.42 Å². The Morgan fingerprint density at radius 2 is 2.08 bits per heavy atom. The lowest BCUT2D eigenvalue weighted by Crippen LogP contribution is -2.37. The molecule has 7 heteroatoms. The van der Waals surface area contributed by atoms with E-state index in [9.17, 15) is 4.79 Å². The number of H-pyrrole nitrogens is 1. The van der Waals surface area contributed by atoms with Gasteiger partial charge in [-0.2, -0.15) is 5.10 Å². The molecule has 2 aromatic rings. The first-order chi connectivity index (χ1) is 12.0. The van der Waals surface area contributed by atoms with E-state index in [1.54, 1.807) is 0 Å². The number of aromatic amines is 1. The number of nitrogens with one attached hydrogen (secondary N) is 3.